The summed E-state index contributed by atoms with van der Waals surface area (Å²) in [4.78, 5) is 10.7. The van der Waals surface area contributed by atoms with Crippen LogP contribution in [0.2, 0.25) is 0 Å². The first kappa shape index (κ1) is 11.1. The van der Waals surface area contributed by atoms with Gasteiger partial charge >= 0.3 is 0 Å². The number of ether oxygens (including phenoxy) is 1. The number of alkyl halides is 1. The van der Waals surface area contributed by atoms with Crippen molar-refractivity contribution in [3.05, 3.63) is 0 Å². The fourth-order valence-electron chi connectivity index (χ4n) is 0.929. The van der Waals surface area contributed by atoms with Gasteiger partial charge in [-0.1, -0.05) is 15.9 Å². The van der Waals surface area contributed by atoms with Gasteiger partial charge in [0.1, 0.15) is 5.78 Å². The molecule has 0 radical (unpaired) electrons. The molecule has 1 atom stereocenters. The van der Waals surface area contributed by atoms with Gasteiger partial charge in [-0.15, -0.1) is 0 Å². The van der Waals surface area contributed by atoms with Crippen molar-refractivity contribution >= 4 is 21.7 Å². The SMILES string of the molecule is COC(CCCBr)CC(C)=O. The van der Waals surface area contributed by atoms with Crippen molar-refractivity contribution in [1.82, 2.24) is 0 Å². The second-order valence-electron chi connectivity index (χ2n) is 2.60. The van der Waals surface area contributed by atoms with E-state index in [1.54, 1.807) is 14.0 Å². The monoisotopic (exact) mass is 222 g/mol. The van der Waals surface area contributed by atoms with Gasteiger partial charge in [-0.3, -0.25) is 4.79 Å². The van der Waals surface area contributed by atoms with E-state index in [-0.39, 0.29) is 11.9 Å². The number of halogens is 1. The summed E-state index contributed by atoms with van der Waals surface area (Å²) < 4.78 is 5.12. The number of methoxy groups -OCH3 is 1. The van der Waals surface area contributed by atoms with E-state index in [1.807, 2.05) is 0 Å². The Morgan fingerprint density at radius 3 is 2.64 bits per heavy atom. The van der Waals surface area contributed by atoms with Gasteiger partial charge in [-0.25, -0.2) is 0 Å². The minimum atomic E-state index is 0.116. The topological polar surface area (TPSA) is 26.3 Å². The number of hydrogen-bond acceptors (Lipinski definition) is 2. The lowest BCUT2D eigenvalue weighted by Crippen LogP contribution is -2.14. The van der Waals surface area contributed by atoms with Crippen LogP contribution in [0.1, 0.15) is 26.2 Å². The second-order valence-corrected chi connectivity index (χ2v) is 3.39. The molecule has 0 saturated heterocycles. The fourth-order valence-corrected chi connectivity index (χ4v) is 1.25. The van der Waals surface area contributed by atoms with E-state index in [0.717, 1.165) is 18.2 Å². The van der Waals surface area contributed by atoms with E-state index in [2.05, 4.69) is 15.9 Å². The average Bonchev–Trinajstić information content (AvgIpc) is 1.97. The molecule has 0 aliphatic rings. The molecule has 11 heavy (non-hydrogen) atoms. The predicted octanol–water partition coefficient (Wildman–Crippen LogP) is 2.16. The second kappa shape index (κ2) is 6.80. The van der Waals surface area contributed by atoms with E-state index in [0.29, 0.717) is 6.42 Å². The molecule has 0 aliphatic carbocycles. The molecule has 1 unspecified atom stereocenters. The maximum Gasteiger partial charge on any atom is 0.132 e. The Kier molecular flexibility index (Phi) is 6.87. The average molecular weight is 223 g/mol. The number of Topliss-reactive ketones (excluding diaryl/α,β-unsaturated/α-hetero) is 1. The molecular weight excluding hydrogens is 208 g/mol. The van der Waals surface area contributed by atoms with Crippen molar-refractivity contribution in [2.75, 3.05) is 12.4 Å². The zero-order chi connectivity index (χ0) is 8.69. The Labute approximate surface area is 76.4 Å². The van der Waals surface area contributed by atoms with E-state index < -0.39 is 0 Å². The largest absolute Gasteiger partial charge is 0.381 e. The summed E-state index contributed by atoms with van der Waals surface area (Å²) in [6.45, 7) is 1.60. The summed E-state index contributed by atoms with van der Waals surface area (Å²) in [6, 6.07) is 0. The molecule has 0 saturated carbocycles. The number of carbonyl (C=O) groups excluding carboxylic acids is 1. The summed E-state index contributed by atoms with van der Waals surface area (Å²) in [5.41, 5.74) is 0. The van der Waals surface area contributed by atoms with Crippen molar-refractivity contribution in [2.24, 2.45) is 0 Å². The lowest BCUT2D eigenvalue weighted by atomic mass is 10.1. The standard InChI is InChI=1S/C8H15BrO2/c1-7(10)6-8(11-2)4-3-5-9/h8H,3-6H2,1-2H3. The smallest absolute Gasteiger partial charge is 0.132 e. The third-order valence-electron chi connectivity index (χ3n) is 1.51. The van der Waals surface area contributed by atoms with Gasteiger partial charge in [0, 0.05) is 18.9 Å². The molecule has 0 aromatic carbocycles. The molecule has 0 heterocycles. The van der Waals surface area contributed by atoms with Crippen LogP contribution in [0.25, 0.3) is 0 Å². The Bertz CT molecular complexity index is 115. The molecule has 3 heteroatoms. The highest BCUT2D eigenvalue weighted by molar-refractivity contribution is 9.09. The summed E-state index contributed by atoms with van der Waals surface area (Å²) in [7, 11) is 1.65. The first-order chi connectivity index (χ1) is 5.20. The van der Waals surface area contributed by atoms with Crippen LogP contribution in [0.3, 0.4) is 0 Å². The van der Waals surface area contributed by atoms with Gasteiger partial charge in [0.2, 0.25) is 0 Å². The predicted molar refractivity (Wildman–Crippen MR) is 49.1 cm³/mol. The molecule has 66 valence electrons. The van der Waals surface area contributed by atoms with Crippen molar-refractivity contribution < 1.29 is 9.53 Å². The van der Waals surface area contributed by atoms with Crippen molar-refractivity contribution in [1.29, 1.82) is 0 Å². The van der Waals surface area contributed by atoms with Crippen molar-refractivity contribution in [3.63, 3.8) is 0 Å². The van der Waals surface area contributed by atoms with Crippen LogP contribution in [0.15, 0.2) is 0 Å². The fraction of sp³-hybridized carbons (Fsp3) is 0.875. The maximum absolute atomic E-state index is 10.7. The summed E-state index contributed by atoms with van der Waals surface area (Å²) >= 11 is 3.33. The molecule has 0 bridgehead atoms. The summed E-state index contributed by atoms with van der Waals surface area (Å²) in [5, 5.41) is 0.977. The van der Waals surface area contributed by atoms with Crippen LogP contribution >= 0.6 is 15.9 Å². The van der Waals surface area contributed by atoms with E-state index >= 15 is 0 Å². The molecule has 0 fully saturated rings. The lowest BCUT2D eigenvalue weighted by Gasteiger charge is -2.11. The molecule has 0 aliphatic heterocycles. The first-order valence-electron chi connectivity index (χ1n) is 3.79. The maximum atomic E-state index is 10.7. The van der Waals surface area contributed by atoms with Gasteiger partial charge in [-0.05, 0) is 19.8 Å². The Hall–Kier alpha value is 0.110. The number of carbonyl (C=O) groups is 1. The van der Waals surface area contributed by atoms with E-state index in [1.165, 1.54) is 0 Å². The summed E-state index contributed by atoms with van der Waals surface area (Å²) in [6.07, 6.45) is 2.68. The Balaban J connectivity index is 3.49. The Morgan fingerprint density at radius 2 is 2.27 bits per heavy atom. The molecule has 0 aromatic rings. The first-order valence-corrected chi connectivity index (χ1v) is 4.91. The van der Waals surface area contributed by atoms with Gasteiger partial charge in [-0.2, -0.15) is 0 Å². The van der Waals surface area contributed by atoms with Crippen LogP contribution in [-0.2, 0) is 9.53 Å². The highest BCUT2D eigenvalue weighted by Gasteiger charge is 2.08. The zero-order valence-electron chi connectivity index (χ0n) is 7.10. The van der Waals surface area contributed by atoms with Gasteiger partial charge in [0.15, 0.2) is 0 Å². The number of hydrogen-bond donors (Lipinski definition) is 0. The minimum Gasteiger partial charge on any atom is -0.381 e. The van der Waals surface area contributed by atoms with Crippen LogP contribution in [0.5, 0.6) is 0 Å². The van der Waals surface area contributed by atoms with Crippen LogP contribution in [0, 0.1) is 0 Å². The molecule has 0 rings (SSSR count). The molecule has 0 aromatic heterocycles. The lowest BCUT2D eigenvalue weighted by molar-refractivity contribution is -0.119. The number of rotatable bonds is 6. The molecular formula is C8H15BrO2. The third kappa shape index (κ3) is 6.51. The third-order valence-corrected chi connectivity index (χ3v) is 2.07. The van der Waals surface area contributed by atoms with Crippen LogP contribution < -0.4 is 0 Å². The Morgan fingerprint density at radius 1 is 1.64 bits per heavy atom. The zero-order valence-corrected chi connectivity index (χ0v) is 8.69. The quantitative estimate of drug-likeness (QED) is 0.645. The van der Waals surface area contributed by atoms with Crippen molar-refractivity contribution in [2.45, 2.75) is 32.3 Å². The van der Waals surface area contributed by atoms with Gasteiger partial charge < -0.3 is 4.74 Å². The molecule has 0 N–H and O–H groups in total. The minimum absolute atomic E-state index is 0.116. The molecule has 0 spiro atoms. The normalized spacial score (nSPS) is 13.0. The summed E-state index contributed by atoms with van der Waals surface area (Å²) in [5.74, 6) is 0.200. The number of ketones is 1. The molecule has 2 nitrogen and oxygen atoms in total. The van der Waals surface area contributed by atoms with E-state index in [4.69, 9.17) is 4.74 Å². The van der Waals surface area contributed by atoms with Gasteiger partial charge in [0.05, 0.1) is 6.10 Å². The van der Waals surface area contributed by atoms with E-state index in [9.17, 15) is 4.79 Å². The highest BCUT2D eigenvalue weighted by atomic mass is 79.9. The van der Waals surface area contributed by atoms with Crippen LogP contribution in [-0.4, -0.2) is 24.3 Å². The highest BCUT2D eigenvalue weighted by Crippen LogP contribution is 2.07. The van der Waals surface area contributed by atoms with Gasteiger partial charge in [0.25, 0.3) is 0 Å². The van der Waals surface area contributed by atoms with Crippen LogP contribution in [0.4, 0.5) is 0 Å². The van der Waals surface area contributed by atoms with Crippen molar-refractivity contribution in [3.8, 4) is 0 Å². The molecule has 0 amide bonds.